The molecule has 0 saturated carbocycles. The van der Waals surface area contributed by atoms with Crippen LogP contribution in [0.4, 0.5) is 0 Å². The SMILES string of the molecule is Cc1onc(-c2ccccc2)c1-c1ccc(S(=O)(=O)NC(=O)CCC(=O)OC(CC(=O)O)(CC(=O)O)C(=O)O)cc1. The van der Waals surface area contributed by atoms with Crippen molar-refractivity contribution in [3.8, 4) is 22.4 Å². The van der Waals surface area contributed by atoms with Crippen molar-refractivity contribution >= 4 is 39.8 Å². The van der Waals surface area contributed by atoms with Crippen molar-refractivity contribution < 1.29 is 57.0 Å². The lowest BCUT2D eigenvalue weighted by molar-refractivity contribution is -0.186. The zero-order valence-corrected chi connectivity index (χ0v) is 22.2. The summed E-state index contributed by atoms with van der Waals surface area (Å²) in [5.41, 5.74) is -0.334. The number of nitrogens with zero attached hydrogens (tertiary/aromatic N) is 1. The van der Waals surface area contributed by atoms with E-state index < -0.39 is 71.1 Å². The monoisotopic (exact) mass is 588 g/mol. The zero-order valence-electron chi connectivity index (χ0n) is 21.4. The van der Waals surface area contributed by atoms with Gasteiger partial charge in [0.25, 0.3) is 10.0 Å². The summed E-state index contributed by atoms with van der Waals surface area (Å²) in [7, 11) is -4.39. The first-order valence-electron chi connectivity index (χ1n) is 11.8. The van der Waals surface area contributed by atoms with E-state index in [2.05, 4.69) is 9.89 Å². The molecule has 0 aliphatic carbocycles. The summed E-state index contributed by atoms with van der Waals surface area (Å²) in [4.78, 5) is 57.8. The Hall–Kier alpha value is -5.05. The number of carbonyl (C=O) groups excluding carboxylic acids is 2. The quantitative estimate of drug-likeness (QED) is 0.210. The van der Waals surface area contributed by atoms with Crippen molar-refractivity contribution in [2.24, 2.45) is 0 Å². The summed E-state index contributed by atoms with van der Waals surface area (Å²) in [6.45, 7) is 1.70. The molecule has 3 rings (SSSR count). The molecule has 2 aromatic carbocycles. The highest BCUT2D eigenvalue weighted by Gasteiger charge is 2.47. The lowest BCUT2D eigenvalue weighted by atomic mass is 9.95. The smallest absolute Gasteiger partial charge is 0.349 e. The van der Waals surface area contributed by atoms with E-state index in [1.807, 2.05) is 30.3 Å². The van der Waals surface area contributed by atoms with Gasteiger partial charge in [0.15, 0.2) is 0 Å². The van der Waals surface area contributed by atoms with E-state index in [0.29, 0.717) is 22.6 Å². The van der Waals surface area contributed by atoms with E-state index in [4.69, 9.17) is 14.7 Å². The Labute approximate surface area is 232 Å². The molecular weight excluding hydrogens is 564 g/mol. The van der Waals surface area contributed by atoms with E-state index in [0.717, 1.165) is 5.56 Å². The topological polar surface area (TPSA) is 227 Å². The lowest BCUT2D eigenvalue weighted by Crippen LogP contribution is -2.47. The van der Waals surface area contributed by atoms with Gasteiger partial charge in [-0.25, -0.2) is 17.9 Å². The van der Waals surface area contributed by atoms with Gasteiger partial charge < -0.3 is 24.6 Å². The minimum Gasteiger partial charge on any atom is -0.481 e. The molecule has 0 saturated heterocycles. The average Bonchev–Trinajstić information content (AvgIpc) is 3.28. The van der Waals surface area contributed by atoms with Gasteiger partial charge in [0.05, 0.1) is 29.7 Å². The molecule has 0 unspecified atom stereocenters. The van der Waals surface area contributed by atoms with Crippen molar-refractivity contribution in [3.05, 3.63) is 60.4 Å². The van der Waals surface area contributed by atoms with Gasteiger partial charge in [0.2, 0.25) is 11.5 Å². The predicted molar refractivity (Wildman–Crippen MR) is 138 cm³/mol. The van der Waals surface area contributed by atoms with E-state index >= 15 is 0 Å². The number of benzene rings is 2. The van der Waals surface area contributed by atoms with E-state index in [-0.39, 0.29) is 4.90 Å². The van der Waals surface area contributed by atoms with Gasteiger partial charge in [-0.15, -0.1) is 0 Å². The van der Waals surface area contributed by atoms with Gasteiger partial charge in [-0.2, -0.15) is 0 Å². The highest BCUT2D eigenvalue weighted by Crippen LogP contribution is 2.34. The van der Waals surface area contributed by atoms with Crippen LogP contribution in [0, 0.1) is 6.92 Å². The number of amides is 1. The second-order valence-electron chi connectivity index (χ2n) is 8.80. The Kier molecular flexibility index (Phi) is 9.24. The number of carboxylic acid groups (broad SMARTS) is 3. The number of carbonyl (C=O) groups is 5. The van der Waals surface area contributed by atoms with Crippen LogP contribution in [0.5, 0.6) is 0 Å². The molecule has 216 valence electrons. The molecule has 4 N–H and O–H groups in total. The van der Waals surface area contributed by atoms with Crippen molar-refractivity contribution in [2.45, 2.75) is 43.1 Å². The van der Waals surface area contributed by atoms with Crippen LogP contribution in [0.2, 0.25) is 0 Å². The first-order valence-corrected chi connectivity index (χ1v) is 13.3. The fourth-order valence-electron chi connectivity index (χ4n) is 3.87. The highest BCUT2D eigenvalue weighted by molar-refractivity contribution is 7.90. The maximum absolute atomic E-state index is 12.7. The summed E-state index contributed by atoms with van der Waals surface area (Å²) < 4.78 is 37.2. The molecule has 0 fully saturated rings. The molecule has 14 nitrogen and oxygen atoms in total. The van der Waals surface area contributed by atoms with Gasteiger partial charge in [-0.3, -0.25) is 19.2 Å². The number of aliphatic carboxylic acids is 3. The average molecular weight is 589 g/mol. The lowest BCUT2D eigenvalue weighted by Gasteiger charge is -2.26. The molecule has 0 radical (unpaired) electrons. The molecule has 1 heterocycles. The second-order valence-corrected chi connectivity index (χ2v) is 10.5. The van der Waals surface area contributed by atoms with Gasteiger partial charge >= 0.3 is 23.9 Å². The molecule has 0 aliphatic rings. The summed E-state index contributed by atoms with van der Waals surface area (Å²) >= 11 is 0. The Morgan fingerprint density at radius 3 is 2.00 bits per heavy atom. The maximum Gasteiger partial charge on any atom is 0.349 e. The highest BCUT2D eigenvalue weighted by atomic mass is 32.2. The largest absolute Gasteiger partial charge is 0.481 e. The number of rotatable bonds is 13. The zero-order chi connectivity index (χ0) is 30.4. The minimum atomic E-state index is -4.39. The third-order valence-electron chi connectivity index (χ3n) is 5.74. The maximum atomic E-state index is 12.7. The predicted octanol–water partition coefficient (Wildman–Crippen LogP) is 2.22. The Bertz CT molecular complexity index is 1560. The number of aromatic nitrogens is 1. The van der Waals surface area contributed by atoms with Crippen LogP contribution in [0.1, 0.15) is 31.4 Å². The molecule has 0 bridgehead atoms. The van der Waals surface area contributed by atoms with Crippen molar-refractivity contribution in [3.63, 3.8) is 0 Å². The number of sulfonamides is 1. The summed E-state index contributed by atoms with van der Waals surface area (Å²) in [5, 5.41) is 31.3. The fraction of sp³-hybridized carbons (Fsp3) is 0.231. The van der Waals surface area contributed by atoms with Gasteiger partial charge in [0, 0.05) is 12.0 Å². The molecular formula is C26H24N2O12S. The number of aryl methyl sites for hydroxylation is 1. The normalized spacial score (nSPS) is 11.4. The van der Waals surface area contributed by atoms with Crippen molar-refractivity contribution in [1.82, 2.24) is 9.88 Å². The Morgan fingerprint density at radius 1 is 0.878 bits per heavy atom. The number of esters is 1. The number of hydrogen-bond donors (Lipinski definition) is 4. The number of ether oxygens (including phenoxy) is 1. The van der Waals surface area contributed by atoms with E-state index in [1.165, 1.54) is 24.3 Å². The Balaban J connectivity index is 1.68. The molecule has 41 heavy (non-hydrogen) atoms. The van der Waals surface area contributed by atoms with E-state index in [9.17, 15) is 37.5 Å². The van der Waals surface area contributed by atoms with Gasteiger partial charge in [-0.05, 0) is 24.6 Å². The van der Waals surface area contributed by atoms with Crippen LogP contribution in [0.3, 0.4) is 0 Å². The van der Waals surface area contributed by atoms with Crippen LogP contribution in [0.15, 0.2) is 64.0 Å². The van der Waals surface area contributed by atoms with Crippen LogP contribution in [0.25, 0.3) is 22.4 Å². The third kappa shape index (κ3) is 7.54. The van der Waals surface area contributed by atoms with Crippen LogP contribution < -0.4 is 4.72 Å². The fourth-order valence-corrected chi connectivity index (χ4v) is 4.88. The first-order chi connectivity index (χ1) is 19.2. The molecule has 1 aromatic heterocycles. The molecule has 0 atom stereocenters. The van der Waals surface area contributed by atoms with Crippen molar-refractivity contribution in [2.75, 3.05) is 0 Å². The van der Waals surface area contributed by atoms with Gasteiger partial charge in [0.1, 0.15) is 11.5 Å². The van der Waals surface area contributed by atoms with E-state index in [1.54, 1.807) is 11.6 Å². The Morgan fingerprint density at radius 2 is 1.46 bits per heavy atom. The standard InChI is InChI=1S/C26H24N2O12S/c1-15-23(24(27-40-15)17-5-3-2-4-6-17)16-7-9-18(10-8-16)41(37,38)28-19(29)11-12-22(34)39-26(25(35)36,13-20(30)31)14-21(32)33/h2-10H,11-14H2,1H3,(H,28,29)(H,30,31)(H,32,33)(H,35,36). The summed E-state index contributed by atoms with van der Waals surface area (Å²) in [6, 6.07) is 14.7. The summed E-state index contributed by atoms with van der Waals surface area (Å²) in [5.74, 6) is -7.56. The molecule has 0 spiro atoms. The molecule has 3 aromatic rings. The summed E-state index contributed by atoms with van der Waals surface area (Å²) in [6.07, 6.45) is -4.34. The molecule has 1 amide bonds. The molecule has 15 heteroatoms. The third-order valence-corrected chi connectivity index (χ3v) is 7.13. The number of hydrogen-bond acceptors (Lipinski definition) is 10. The second kappa shape index (κ2) is 12.4. The first kappa shape index (κ1) is 30.5. The molecule has 0 aliphatic heterocycles. The van der Waals surface area contributed by atoms with Crippen LogP contribution in [-0.4, -0.2) is 64.3 Å². The van der Waals surface area contributed by atoms with Crippen LogP contribution in [-0.2, 0) is 38.7 Å². The van der Waals surface area contributed by atoms with Gasteiger partial charge in [-0.1, -0.05) is 47.6 Å². The number of carboxylic acids is 3. The van der Waals surface area contributed by atoms with Crippen molar-refractivity contribution in [1.29, 1.82) is 0 Å². The number of nitrogens with one attached hydrogen (secondary N) is 1. The van der Waals surface area contributed by atoms with Crippen LogP contribution >= 0.6 is 0 Å². The minimum absolute atomic E-state index is 0.277.